The van der Waals surface area contributed by atoms with Gasteiger partial charge in [0.25, 0.3) is 0 Å². The molecule has 3 rings (SSSR count). The van der Waals surface area contributed by atoms with E-state index in [1.54, 1.807) is 6.07 Å². The lowest BCUT2D eigenvalue weighted by Crippen LogP contribution is -2.49. The van der Waals surface area contributed by atoms with Crippen LogP contribution in [0, 0.1) is 12.7 Å². The Morgan fingerprint density at radius 2 is 1.76 bits per heavy atom. The number of rotatable bonds is 0. The highest BCUT2D eigenvalue weighted by Gasteiger charge is 2.38. The maximum atomic E-state index is 14.0. The van der Waals surface area contributed by atoms with Crippen molar-refractivity contribution in [2.24, 2.45) is 0 Å². The zero-order valence-corrected chi connectivity index (χ0v) is 11.3. The largest absolute Gasteiger partial charge is 0.206 e. The number of hydrogen-bond acceptors (Lipinski definition) is 0. The molecule has 2 heteroatoms. The van der Waals surface area contributed by atoms with E-state index in [9.17, 15) is 4.39 Å². The van der Waals surface area contributed by atoms with Crippen LogP contribution in [0.1, 0.15) is 5.56 Å². The summed E-state index contributed by atoms with van der Waals surface area (Å²) in [5.41, 5.74) is 3.22. The van der Waals surface area contributed by atoms with E-state index in [0.717, 1.165) is 11.1 Å². The minimum absolute atomic E-state index is 0.0781. The third-order valence-electron chi connectivity index (χ3n) is 3.80. The molecule has 0 bridgehead atoms. The lowest BCUT2D eigenvalue weighted by Gasteiger charge is -2.18. The van der Waals surface area contributed by atoms with E-state index < -0.39 is 8.07 Å². The van der Waals surface area contributed by atoms with Gasteiger partial charge in [-0.2, -0.15) is 0 Å². The summed E-state index contributed by atoms with van der Waals surface area (Å²) in [5.74, 6) is -0.0781. The first kappa shape index (κ1) is 10.7. The third-order valence-corrected chi connectivity index (χ3v) is 7.33. The molecule has 0 amide bonds. The smallest absolute Gasteiger partial charge is 0.130 e. The first-order valence-corrected chi connectivity index (χ1v) is 8.92. The molecule has 0 radical (unpaired) electrons. The van der Waals surface area contributed by atoms with Crippen molar-refractivity contribution in [2.45, 2.75) is 20.0 Å². The van der Waals surface area contributed by atoms with Crippen molar-refractivity contribution in [1.29, 1.82) is 0 Å². The number of benzene rings is 2. The lowest BCUT2D eigenvalue weighted by atomic mass is 10.0. The second-order valence-electron chi connectivity index (χ2n) is 5.34. The van der Waals surface area contributed by atoms with Gasteiger partial charge in [0.1, 0.15) is 13.9 Å². The van der Waals surface area contributed by atoms with Gasteiger partial charge in [-0.05, 0) is 28.9 Å². The molecule has 2 aromatic carbocycles. The van der Waals surface area contributed by atoms with E-state index in [1.165, 1.54) is 15.9 Å². The Bertz CT molecular complexity index is 614. The van der Waals surface area contributed by atoms with Gasteiger partial charge in [-0.15, -0.1) is 0 Å². The first-order chi connectivity index (χ1) is 8.01. The fourth-order valence-electron chi connectivity index (χ4n) is 2.86. The van der Waals surface area contributed by atoms with Crippen LogP contribution >= 0.6 is 0 Å². The lowest BCUT2D eigenvalue weighted by molar-refractivity contribution is 0.632. The zero-order chi connectivity index (χ0) is 12.2. The number of fused-ring (bicyclic) bond motifs is 3. The maximum Gasteiger partial charge on any atom is 0.130 e. The van der Waals surface area contributed by atoms with Gasteiger partial charge in [-0.1, -0.05) is 49.0 Å². The van der Waals surface area contributed by atoms with Crippen molar-refractivity contribution in [3.05, 3.63) is 47.8 Å². The van der Waals surface area contributed by atoms with Gasteiger partial charge in [-0.25, -0.2) is 4.39 Å². The van der Waals surface area contributed by atoms with Crippen LogP contribution in [0.4, 0.5) is 4.39 Å². The van der Waals surface area contributed by atoms with Crippen molar-refractivity contribution in [3.8, 4) is 11.1 Å². The molecule has 0 aromatic heterocycles. The summed E-state index contributed by atoms with van der Waals surface area (Å²) in [5, 5.41) is 2.61. The average Bonchev–Trinajstić information content (AvgIpc) is 2.50. The van der Waals surface area contributed by atoms with Crippen molar-refractivity contribution in [1.82, 2.24) is 0 Å². The predicted molar refractivity (Wildman–Crippen MR) is 73.3 cm³/mol. The molecule has 0 aliphatic carbocycles. The van der Waals surface area contributed by atoms with Crippen LogP contribution in [0.5, 0.6) is 0 Å². The number of hydrogen-bond donors (Lipinski definition) is 0. The summed E-state index contributed by atoms with van der Waals surface area (Å²) in [6.07, 6.45) is 0. The van der Waals surface area contributed by atoms with E-state index >= 15 is 0 Å². The molecule has 0 nitrogen and oxygen atoms in total. The Morgan fingerprint density at radius 3 is 2.53 bits per heavy atom. The molecule has 86 valence electrons. The zero-order valence-electron chi connectivity index (χ0n) is 10.3. The Hall–Kier alpha value is -1.41. The Labute approximate surface area is 102 Å². The first-order valence-electron chi connectivity index (χ1n) is 5.92. The second-order valence-corrected chi connectivity index (χ2v) is 9.66. The average molecular weight is 242 g/mol. The SMILES string of the molecule is Cc1ccc2c(c1)[Si](C)(C)c1cccc(F)c1-2. The highest BCUT2D eigenvalue weighted by atomic mass is 28.3. The van der Waals surface area contributed by atoms with Crippen molar-refractivity contribution < 1.29 is 4.39 Å². The molecular formula is C15H15FSi. The van der Waals surface area contributed by atoms with Crippen LogP contribution in [-0.2, 0) is 0 Å². The summed E-state index contributed by atoms with van der Waals surface area (Å²) in [4.78, 5) is 0. The van der Waals surface area contributed by atoms with Gasteiger partial charge in [0, 0.05) is 5.56 Å². The van der Waals surface area contributed by atoms with E-state index in [4.69, 9.17) is 0 Å². The van der Waals surface area contributed by atoms with Gasteiger partial charge in [-0.3, -0.25) is 0 Å². The molecule has 2 aromatic rings. The molecule has 0 saturated carbocycles. The Kier molecular flexibility index (Phi) is 2.08. The molecule has 17 heavy (non-hydrogen) atoms. The van der Waals surface area contributed by atoms with Gasteiger partial charge in [0.2, 0.25) is 0 Å². The van der Waals surface area contributed by atoms with Gasteiger partial charge in [0.05, 0.1) is 0 Å². The van der Waals surface area contributed by atoms with Gasteiger partial charge >= 0.3 is 0 Å². The number of aryl methyl sites for hydroxylation is 1. The third kappa shape index (κ3) is 1.34. The number of halogens is 1. The standard InChI is InChI=1S/C15H15FSi/c1-10-7-8-11-14(9-10)17(2,3)13-6-4-5-12(16)15(11)13/h4-9H,1-3H3. The van der Waals surface area contributed by atoms with E-state index in [2.05, 4.69) is 44.3 Å². The molecule has 0 atom stereocenters. The fourth-order valence-corrected chi connectivity index (χ4v) is 6.01. The highest BCUT2D eigenvalue weighted by Crippen LogP contribution is 2.30. The Balaban J connectivity index is 2.43. The van der Waals surface area contributed by atoms with Crippen LogP contribution in [0.15, 0.2) is 36.4 Å². The van der Waals surface area contributed by atoms with Crippen LogP contribution in [0.3, 0.4) is 0 Å². The predicted octanol–water partition coefficient (Wildman–Crippen LogP) is 2.94. The molecule has 0 saturated heterocycles. The van der Waals surface area contributed by atoms with Gasteiger partial charge in [0.15, 0.2) is 0 Å². The molecule has 0 spiro atoms. The summed E-state index contributed by atoms with van der Waals surface area (Å²) >= 11 is 0. The molecular weight excluding hydrogens is 227 g/mol. The minimum Gasteiger partial charge on any atom is -0.206 e. The van der Waals surface area contributed by atoms with E-state index in [0.29, 0.717) is 0 Å². The summed E-state index contributed by atoms with van der Waals surface area (Å²) in [6, 6.07) is 11.9. The molecule has 1 aliphatic rings. The fraction of sp³-hybridized carbons (Fsp3) is 0.200. The van der Waals surface area contributed by atoms with Crippen molar-refractivity contribution >= 4 is 18.4 Å². The second kappa shape index (κ2) is 3.30. The minimum atomic E-state index is -1.68. The van der Waals surface area contributed by atoms with E-state index in [1.807, 2.05) is 6.07 Å². The molecule has 1 heterocycles. The molecule has 1 aliphatic heterocycles. The molecule has 0 N–H and O–H groups in total. The van der Waals surface area contributed by atoms with Gasteiger partial charge < -0.3 is 0 Å². The van der Waals surface area contributed by atoms with Crippen LogP contribution in [-0.4, -0.2) is 8.07 Å². The summed E-state index contributed by atoms with van der Waals surface area (Å²) < 4.78 is 14.0. The van der Waals surface area contributed by atoms with Crippen molar-refractivity contribution in [2.75, 3.05) is 0 Å². The molecule has 0 fully saturated rings. The topological polar surface area (TPSA) is 0 Å². The van der Waals surface area contributed by atoms with Crippen LogP contribution in [0.25, 0.3) is 11.1 Å². The van der Waals surface area contributed by atoms with Crippen molar-refractivity contribution in [3.63, 3.8) is 0 Å². The quantitative estimate of drug-likeness (QED) is 0.623. The summed E-state index contributed by atoms with van der Waals surface area (Å²) in [7, 11) is -1.68. The maximum absolute atomic E-state index is 14.0. The normalized spacial score (nSPS) is 15.5. The monoisotopic (exact) mass is 242 g/mol. The van der Waals surface area contributed by atoms with Crippen LogP contribution < -0.4 is 10.4 Å². The summed E-state index contributed by atoms with van der Waals surface area (Å²) in [6.45, 7) is 6.71. The molecule has 0 unspecified atom stereocenters. The highest BCUT2D eigenvalue weighted by molar-refractivity contribution is 7.03. The Morgan fingerprint density at radius 1 is 1.00 bits per heavy atom. The van der Waals surface area contributed by atoms with E-state index in [-0.39, 0.29) is 5.82 Å². The van der Waals surface area contributed by atoms with Crippen LogP contribution in [0.2, 0.25) is 13.1 Å².